The summed E-state index contributed by atoms with van der Waals surface area (Å²) < 4.78 is 6.50. The summed E-state index contributed by atoms with van der Waals surface area (Å²) in [5.74, 6) is 3.01. The van der Waals surface area contributed by atoms with Crippen LogP contribution in [-0.4, -0.2) is 29.0 Å². The van der Waals surface area contributed by atoms with Crippen LogP contribution >= 0.6 is 34.7 Å². The van der Waals surface area contributed by atoms with E-state index in [9.17, 15) is 9.59 Å². The van der Waals surface area contributed by atoms with Gasteiger partial charge in [-0.3, -0.25) is 9.59 Å². The SMILES string of the molecule is CC(=NOCc1ccc(Cl)s1)C1=C(OC(=O)C(C)(C)C)CC(C2CCCSC2)CC1=O. The first-order valence-corrected chi connectivity index (χ1v) is 13.0. The predicted octanol–water partition coefficient (Wildman–Crippen LogP) is 6.26. The molecule has 170 valence electrons. The smallest absolute Gasteiger partial charge is 0.316 e. The van der Waals surface area contributed by atoms with Crippen molar-refractivity contribution in [1.82, 2.24) is 0 Å². The van der Waals surface area contributed by atoms with Crippen molar-refractivity contribution >= 4 is 52.2 Å². The summed E-state index contributed by atoms with van der Waals surface area (Å²) in [5.41, 5.74) is 0.178. The predicted molar refractivity (Wildman–Crippen MR) is 128 cm³/mol. The summed E-state index contributed by atoms with van der Waals surface area (Å²) in [5, 5.41) is 4.17. The number of carbonyl (C=O) groups excluding carboxylic acids is 2. The average Bonchev–Trinajstić information content (AvgIpc) is 3.12. The third kappa shape index (κ3) is 6.59. The Morgan fingerprint density at radius 3 is 2.65 bits per heavy atom. The zero-order chi connectivity index (χ0) is 22.6. The fourth-order valence-corrected chi connectivity index (χ4v) is 6.08. The van der Waals surface area contributed by atoms with E-state index in [-0.39, 0.29) is 24.3 Å². The first-order chi connectivity index (χ1) is 14.6. The van der Waals surface area contributed by atoms with Gasteiger partial charge in [-0.15, -0.1) is 11.3 Å². The molecule has 2 atom stereocenters. The van der Waals surface area contributed by atoms with Crippen molar-refractivity contribution in [1.29, 1.82) is 0 Å². The number of ether oxygens (including phenoxy) is 1. The van der Waals surface area contributed by atoms with Crippen molar-refractivity contribution in [2.24, 2.45) is 22.4 Å². The highest BCUT2D eigenvalue weighted by atomic mass is 35.5. The maximum absolute atomic E-state index is 13.2. The van der Waals surface area contributed by atoms with Gasteiger partial charge in [0.1, 0.15) is 5.76 Å². The van der Waals surface area contributed by atoms with Gasteiger partial charge in [0.15, 0.2) is 12.4 Å². The number of esters is 1. The molecule has 0 aromatic carbocycles. The fourth-order valence-electron chi connectivity index (χ4n) is 3.81. The Balaban J connectivity index is 1.82. The van der Waals surface area contributed by atoms with Crippen molar-refractivity contribution in [3.05, 3.63) is 32.7 Å². The van der Waals surface area contributed by atoms with Gasteiger partial charge in [-0.2, -0.15) is 11.8 Å². The van der Waals surface area contributed by atoms with E-state index in [1.165, 1.54) is 23.5 Å². The van der Waals surface area contributed by atoms with Crippen LogP contribution < -0.4 is 0 Å². The van der Waals surface area contributed by atoms with Gasteiger partial charge in [-0.1, -0.05) is 16.8 Å². The van der Waals surface area contributed by atoms with E-state index in [0.29, 0.717) is 40.1 Å². The van der Waals surface area contributed by atoms with Crippen LogP contribution in [0.25, 0.3) is 0 Å². The number of halogens is 1. The number of ketones is 1. The molecule has 2 unspecified atom stereocenters. The first kappa shape index (κ1) is 24.3. The van der Waals surface area contributed by atoms with Crippen molar-refractivity contribution in [2.75, 3.05) is 11.5 Å². The standard InChI is InChI=1S/C23H30ClNO4S2/c1-14(25-28-12-17-7-8-20(24)31-17)21-18(26)10-16(15-6-5-9-30-13-15)11-19(21)29-22(27)23(2,3)4/h7-8,15-16H,5-6,9-13H2,1-4H3. The van der Waals surface area contributed by atoms with Gasteiger partial charge < -0.3 is 9.57 Å². The topological polar surface area (TPSA) is 65.0 Å². The van der Waals surface area contributed by atoms with Crippen molar-refractivity contribution in [3.8, 4) is 0 Å². The molecular weight excluding hydrogens is 454 g/mol. The zero-order valence-corrected chi connectivity index (χ0v) is 20.9. The van der Waals surface area contributed by atoms with Gasteiger partial charge in [-0.05, 0) is 76.0 Å². The molecule has 1 aromatic rings. The average molecular weight is 484 g/mol. The van der Waals surface area contributed by atoms with E-state index in [2.05, 4.69) is 5.16 Å². The van der Waals surface area contributed by atoms with Gasteiger partial charge in [-0.25, -0.2) is 0 Å². The Morgan fingerprint density at radius 1 is 1.26 bits per heavy atom. The molecule has 5 nitrogen and oxygen atoms in total. The Hall–Kier alpha value is -1.31. The number of allylic oxidation sites excluding steroid dienone is 2. The summed E-state index contributed by atoms with van der Waals surface area (Å²) in [7, 11) is 0. The number of oxime groups is 1. The summed E-state index contributed by atoms with van der Waals surface area (Å²) >= 11 is 9.32. The molecule has 1 aliphatic carbocycles. The van der Waals surface area contributed by atoms with Crippen LogP contribution in [0.2, 0.25) is 4.34 Å². The highest BCUT2D eigenvalue weighted by Gasteiger charge is 2.37. The number of hydrogen-bond donors (Lipinski definition) is 0. The molecule has 0 bridgehead atoms. The van der Waals surface area contributed by atoms with E-state index < -0.39 is 5.41 Å². The van der Waals surface area contributed by atoms with Crippen molar-refractivity contribution < 1.29 is 19.2 Å². The fraction of sp³-hybridized carbons (Fsp3) is 0.609. The van der Waals surface area contributed by atoms with Crippen LogP contribution in [0.4, 0.5) is 0 Å². The Kier molecular flexibility index (Phi) is 8.27. The highest BCUT2D eigenvalue weighted by molar-refractivity contribution is 7.99. The molecule has 1 fully saturated rings. The molecule has 31 heavy (non-hydrogen) atoms. The minimum atomic E-state index is -0.658. The second kappa shape index (κ2) is 10.5. The van der Waals surface area contributed by atoms with E-state index in [1.54, 1.807) is 6.92 Å². The normalized spacial score (nSPS) is 23.1. The number of nitrogens with zero attached hydrogens (tertiary/aromatic N) is 1. The van der Waals surface area contributed by atoms with Crippen LogP contribution in [0.5, 0.6) is 0 Å². The van der Waals surface area contributed by atoms with Crippen LogP contribution in [0, 0.1) is 17.3 Å². The summed E-state index contributed by atoms with van der Waals surface area (Å²) in [6, 6.07) is 3.69. The van der Waals surface area contributed by atoms with E-state index in [4.69, 9.17) is 21.2 Å². The summed E-state index contributed by atoms with van der Waals surface area (Å²) in [6.45, 7) is 7.44. The minimum Gasteiger partial charge on any atom is -0.430 e. The Morgan fingerprint density at radius 2 is 2.03 bits per heavy atom. The molecule has 2 heterocycles. The number of thioether (sulfide) groups is 1. The largest absolute Gasteiger partial charge is 0.430 e. The molecule has 1 saturated heterocycles. The number of Topliss-reactive ketones (excluding diaryl/α,β-unsaturated/α-hetero) is 1. The van der Waals surface area contributed by atoms with Crippen LogP contribution in [-0.2, 0) is 25.8 Å². The Labute approximate surface area is 197 Å². The van der Waals surface area contributed by atoms with E-state index >= 15 is 0 Å². The zero-order valence-electron chi connectivity index (χ0n) is 18.5. The summed E-state index contributed by atoms with van der Waals surface area (Å²) in [4.78, 5) is 32.2. The maximum atomic E-state index is 13.2. The highest BCUT2D eigenvalue weighted by Crippen LogP contribution is 2.39. The van der Waals surface area contributed by atoms with Gasteiger partial charge in [0.2, 0.25) is 0 Å². The van der Waals surface area contributed by atoms with Gasteiger partial charge >= 0.3 is 5.97 Å². The van der Waals surface area contributed by atoms with Crippen LogP contribution in [0.3, 0.4) is 0 Å². The number of rotatable bonds is 6. The van der Waals surface area contributed by atoms with Gasteiger partial charge in [0, 0.05) is 17.7 Å². The number of carbonyl (C=O) groups is 2. The molecule has 0 radical (unpaired) electrons. The molecule has 1 aromatic heterocycles. The maximum Gasteiger partial charge on any atom is 0.316 e. The van der Waals surface area contributed by atoms with Crippen LogP contribution in [0.1, 0.15) is 58.3 Å². The molecule has 0 spiro atoms. The monoisotopic (exact) mass is 483 g/mol. The lowest BCUT2D eigenvalue weighted by Crippen LogP contribution is -2.33. The molecule has 2 aliphatic rings. The second-order valence-corrected chi connectivity index (χ2v) is 12.1. The minimum absolute atomic E-state index is 0.0208. The first-order valence-electron chi connectivity index (χ1n) is 10.6. The second-order valence-electron chi connectivity index (χ2n) is 9.16. The quantitative estimate of drug-likeness (QED) is 0.271. The number of thiophene rings is 1. The van der Waals surface area contributed by atoms with E-state index in [0.717, 1.165) is 17.1 Å². The Bertz CT molecular complexity index is 878. The molecule has 1 aliphatic heterocycles. The number of hydrogen-bond acceptors (Lipinski definition) is 7. The molecule has 0 saturated carbocycles. The molecule has 0 N–H and O–H groups in total. The molecule has 0 amide bonds. The lowest BCUT2D eigenvalue weighted by Gasteiger charge is -2.34. The van der Waals surface area contributed by atoms with Gasteiger partial charge in [0.25, 0.3) is 0 Å². The lowest BCUT2D eigenvalue weighted by atomic mass is 9.77. The van der Waals surface area contributed by atoms with Gasteiger partial charge in [0.05, 0.1) is 21.0 Å². The third-order valence-corrected chi connectivity index (χ3v) is 7.99. The third-order valence-electron chi connectivity index (χ3n) is 5.54. The molecular formula is C23H30ClNO4S2. The van der Waals surface area contributed by atoms with Crippen molar-refractivity contribution in [3.63, 3.8) is 0 Å². The van der Waals surface area contributed by atoms with Crippen LogP contribution in [0.15, 0.2) is 28.6 Å². The molecule has 3 rings (SSSR count). The summed E-state index contributed by atoms with van der Waals surface area (Å²) in [6.07, 6.45) is 3.35. The van der Waals surface area contributed by atoms with Crippen molar-refractivity contribution in [2.45, 2.75) is 60.0 Å². The molecule has 8 heteroatoms. The van der Waals surface area contributed by atoms with E-state index in [1.807, 2.05) is 44.7 Å². The lowest BCUT2D eigenvalue weighted by molar-refractivity contribution is -0.149.